The minimum atomic E-state index is -0.988. The Morgan fingerprint density at radius 1 is 1.50 bits per heavy atom. The van der Waals surface area contributed by atoms with Crippen molar-refractivity contribution < 1.29 is 24.5 Å². The molecule has 3 N–H and O–H groups in total. The third-order valence-electron chi connectivity index (χ3n) is 2.40. The molecule has 98 valence electrons. The molecule has 0 fully saturated rings. The summed E-state index contributed by atoms with van der Waals surface area (Å²) >= 11 is 5.93. The second kappa shape index (κ2) is 5.43. The second-order valence-corrected chi connectivity index (χ2v) is 4.15. The van der Waals surface area contributed by atoms with Crippen molar-refractivity contribution in [1.82, 2.24) is 5.32 Å². The standard InChI is InChI=1S/C11H12ClNO5/c12-8-1-6(2-9-10(8)18-5-17-9)11(16)13-3-7(15)4-14/h1-2,7,14-15H,3-5H2,(H,13,16). The predicted octanol–water partition coefficient (Wildman–Crippen LogP) is 0.152. The van der Waals surface area contributed by atoms with E-state index in [0.717, 1.165) is 0 Å². The molecule has 0 saturated carbocycles. The molecule has 6 nitrogen and oxygen atoms in total. The Hall–Kier alpha value is -1.50. The average Bonchev–Trinajstić information content (AvgIpc) is 2.84. The monoisotopic (exact) mass is 273 g/mol. The molecular formula is C11H12ClNO5. The van der Waals surface area contributed by atoms with Crippen LogP contribution < -0.4 is 14.8 Å². The Morgan fingerprint density at radius 2 is 2.28 bits per heavy atom. The number of amides is 1. The number of aliphatic hydroxyl groups is 2. The number of nitrogens with one attached hydrogen (secondary N) is 1. The Balaban J connectivity index is 2.09. The molecule has 1 atom stereocenters. The van der Waals surface area contributed by atoms with Crippen LogP contribution in [-0.4, -0.2) is 42.2 Å². The van der Waals surface area contributed by atoms with Crippen molar-refractivity contribution in [2.75, 3.05) is 19.9 Å². The van der Waals surface area contributed by atoms with Crippen LogP contribution in [0.25, 0.3) is 0 Å². The molecular weight excluding hydrogens is 262 g/mol. The van der Waals surface area contributed by atoms with Gasteiger partial charge in [0.05, 0.1) is 17.7 Å². The highest BCUT2D eigenvalue weighted by Gasteiger charge is 2.20. The number of ether oxygens (including phenoxy) is 2. The lowest BCUT2D eigenvalue weighted by molar-refractivity contribution is 0.0801. The van der Waals surface area contributed by atoms with Crippen LogP contribution >= 0.6 is 11.6 Å². The lowest BCUT2D eigenvalue weighted by atomic mass is 10.2. The number of carbonyl (C=O) groups excluding carboxylic acids is 1. The van der Waals surface area contributed by atoms with Gasteiger partial charge in [0, 0.05) is 12.1 Å². The van der Waals surface area contributed by atoms with Crippen molar-refractivity contribution in [3.05, 3.63) is 22.7 Å². The number of hydrogen-bond acceptors (Lipinski definition) is 5. The molecule has 0 aromatic heterocycles. The van der Waals surface area contributed by atoms with E-state index in [1.54, 1.807) is 0 Å². The molecule has 1 aliphatic rings. The predicted molar refractivity (Wildman–Crippen MR) is 63.0 cm³/mol. The van der Waals surface area contributed by atoms with Crippen LogP contribution in [0.4, 0.5) is 0 Å². The van der Waals surface area contributed by atoms with Gasteiger partial charge >= 0.3 is 0 Å². The van der Waals surface area contributed by atoms with Crippen molar-refractivity contribution >= 4 is 17.5 Å². The first-order valence-electron chi connectivity index (χ1n) is 5.28. The van der Waals surface area contributed by atoms with Gasteiger partial charge in [0.15, 0.2) is 11.5 Å². The number of halogens is 1. The van der Waals surface area contributed by atoms with Gasteiger partial charge in [0.1, 0.15) is 0 Å². The van der Waals surface area contributed by atoms with Gasteiger partial charge in [-0.15, -0.1) is 0 Å². The number of carbonyl (C=O) groups is 1. The molecule has 18 heavy (non-hydrogen) atoms. The van der Waals surface area contributed by atoms with Crippen LogP contribution in [0.3, 0.4) is 0 Å². The van der Waals surface area contributed by atoms with E-state index < -0.39 is 18.6 Å². The summed E-state index contributed by atoms with van der Waals surface area (Å²) < 4.78 is 10.3. The van der Waals surface area contributed by atoms with Gasteiger partial charge < -0.3 is 25.0 Å². The topological polar surface area (TPSA) is 88.0 Å². The summed E-state index contributed by atoms with van der Waals surface area (Å²) in [5.41, 5.74) is 0.300. The largest absolute Gasteiger partial charge is 0.454 e. The Morgan fingerprint density at radius 3 is 3.00 bits per heavy atom. The number of benzene rings is 1. The molecule has 1 aliphatic heterocycles. The third-order valence-corrected chi connectivity index (χ3v) is 2.68. The highest BCUT2D eigenvalue weighted by atomic mass is 35.5. The summed E-state index contributed by atoms with van der Waals surface area (Å²) in [7, 11) is 0. The molecule has 1 amide bonds. The molecule has 1 heterocycles. The maximum atomic E-state index is 11.8. The van der Waals surface area contributed by atoms with Gasteiger partial charge in [-0.3, -0.25) is 4.79 Å². The Bertz CT molecular complexity index is 465. The van der Waals surface area contributed by atoms with Gasteiger partial charge in [-0.2, -0.15) is 0 Å². The fraction of sp³-hybridized carbons (Fsp3) is 0.364. The van der Waals surface area contributed by atoms with Gasteiger partial charge in [0.2, 0.25) is 6.79 Å². The molecule has 1 unspecified atom stereocenters. The van der Waals surface area contributed by atoms with Crippen LogP contribution in [0, 0.1) is 0 Å². The van der Waals surface area contributed by atoms with E-state index in [9.17, 15) is 4.79 Å². The summed E-state index contributed by atoms with van der Waals surface area (Å²) in [6.07, 6.45) is -0.988. The van der Waals surface area contributed by atoms with Crippen LogP contribution in [-0.2, 0) is 0 Å². The molecule has 0 radical (unpaired) electrons. The van der Waals surface area contributed by atoms with Crippen molar-refractivity contribution in [2.24, 2.45) is 0 Å². The van der Waals surface area contributed by atoms with Gasteiger partial charge in [-0.25, -0.2) is 0 Å². The fourth-order valence-corrected chi connectivity index (χ4v) is 1.74. The van der Waals surface area contributed by atoms with E-state index in [2.05, 4.69) is 5.32 Å². The van der Waals surface area contributed by atoms with E-state index in [0.29, 0.717) is 17.1 Å². The summed E-state index contributed by atoms with van der Waals surface area (Å²) in [6, 6.07) is 2.96. The Kier molecular flexibility index (Phi) is 3.90. The smallest absolute Gasteiger partial charge is 0.251 e. The minimum absolute atomic E-state index is 0.0403. The molecule has 1 aromatic rings. The van der Waals surface area contributed by atoms with Crippen LogP contribution in [0.1, 0.15) is 10.4 Å². The van der Waals surface area contributed by atoms with E-state index >= 15 is 0 Å². The van der Waals surface area contributed by atoms with Crippen LogP contribution in [0.15, 0.2) is 12.1 Å². The third kappa shape index (κ3) is 2.66. The quantitative estimate of drug-likeness (QED) is 0.727. The second-order valence-electron chi connectivity index (χ2n) is 3.74. The van der Waals surface area contributed by atoms with E-state index in [1.807, 2.05) is 0 Å². The molecule has 0 saturated heterocycles. The molecule has 0 aliphatic carbocycles. The van der Waals surface area contributed by atoms with Crippen molar-refractivity contribution in [2.45, 2.75) is 6.10 Å². The summed E-state index contributed by atoms with van der Waals surface area (Å²) in [4.78, 5) is 11.8. The van der Waals surface area contributed by atoms with Crippen LogP contribution in [0.5, 0.6) is 11.5 Å². The summed E-state index contributed by atoms with van der Waals surface area (Å²) in [5, 5.41) is 20.5. The number of fused-ring (bicyclic) bond motifs is 1. The fourth-order valence-electron chi connectivity index (χ4n) is 1.48. The van der Waals surface area contributed by atoms with Crippen molar-refractivity contribution in [3.63, 3.8) is 0 Å². The van der Waals surface area contributed by atoms with E-state index in [1.165, 1.54) is 12.1 Å². The summed E-state index contributed by atoms with van der Waals surface area (Å²) in [6.45, 7) is -0.382. The lowest BCUT2D eigenvalue weighted by Crippen LogP contribution is -2.33. The van der Waals surface area contributed by atoms with Crippen molar-refractivity contribution in [1.29, 1.82) is 0 Å². The van der Waals surface area contributed by atoms with Gasteiger partial charge in [-0.1, -0.05) is 11.6 Å². The van der Waals surface area contributed by atoms with Crippen LogP contribution in [0.2, 0.25) is 5.02 Å². The normalized spacial score (nSPS) is 14.4. The summed E-state index contributed by atoms with van der Waals surface area (Å²) in [5.74, 6) is 0.418. The van der Waals surface area contributed by atoms with Crippen molar-refractivity contribution in [3.8, 4) is 11.5 Å². The average molecular weight is 274 g/mol. The lowest BCUT2D eigenvalue weighted by Gasteiger charge is -2.09. The first kappa shape index (κ1) is 12.9. The van der Waals surface area contributed by atoms with Gasteiger partial charge in [-0.05, 0) is 12.1 Å². The molecule has 0 bridgehead atoms. The SMILES string of the molecule is O=C(NCC(O)CO)c1cc(Cl)c2c(c1)OCO2. The molecule has 2 rings (SSSR count). The van der Waals surface area contributed by atoms with E-state index in [-0.39, 0.29) is 18.4 Å². The number of rotatable bonds is 4. The zero-order chi connectivity index (χ0) is 13.1. The minimum Gasteiger partial charge on any atom is -0.454 e. The maximum absolute atomic E-state index is 11.8. The van der Waals surface area contributed by atoms with E-state index in [4.69, 9.17) is 31.3 Å². The zero-order valence-corrected chi connectivity index (χ0v) is 10.1. The number of hydrogen-bond donors (Lipinski definition) is 3. The molecule has 1 aromatic carbocycles. The first-order valence-corrected chi connectivity index (χ1v) is 5.66. The molecule has 7 heteroatoms. The highest BCUT2D eigenvalue weighted by Crippen LogP contribution is 2.39. The molecule has 0 spiro atoms. The zero-order valence-electron chi connectivity index (χ0n) is 9.35. The maximum Gasteiger partial charge on any atom is 0.251 e. The van der Waals surface area contributed by atoms with Gasteiger partial charge in [0.25, 0.3) is 5.91 Å². The number of aliphatic hydroxyl groups excluding tert-OH is 2. The first-order chi connectivity index (χ1) is 8.61. The highest BCUT2D eigenvalue weighted by molar-refractivity contribution is 6.32. The Labute approximate surface area is 108 Å².